The molecule has 0 bridgehead atoms. The highest BCUT2D eigenvalue weighted by Crippen LogP contribution is 2.37. The van der Waals surface area contributed by atoms with Crippen molar-refractivity contribution in [1.29, 1.82) is 0 Å². The fourth-order valence-electron chi connectivity index (χ4n) is 2.84. The van der Waals surface area contributed by atoms with Crippen molar-refractivity contribution in [1.82, 2.24) is 0 Å². The standard InChI is InChI=1S/C17H11ClN2O3S/c18-12-6-1-2-7-13(12)20-24(22,23)15-9-8-14-16-10(15)4-3-5-11(16)17(21)19-14/h1-9,20H,(H,19,21). The van der Waals surface area contributed by atoms with Gasteiger partial charge in [-0.3, -0.25) is 9.52 Å². The predicted molar refractivity (Wildman–Crippen MR) is 94.2 cm³/mol. The summed E-state index contributed by atoms with van der Waals surface area (Å²) >= 11 is 6.03. The Balaban J connectivity index is 1.90. The highest BCUT2D eigenvalue weighted by molar-refractivity contribution is 7.93. The van der Waals surface area contributed by atoms with E-state index in [1.807, 2.05) is 0 Å². The van der Waals surface area contributed by atoms with Gasteiger partial charge in [0.2, 0.25) is 0 Å². The SMILES string of the molecule is O=C1Nc2ccc(S(=O)(=O)Nc3ccccc3Cl)c3cccc1c23. The van der Waals surface area contributed by atoms with Gasteiger partial charge in [-0.25, -0.2) is 8.42 Å². The summed E-state index contributed by atoms with van der Waals surface area (Å²) in [5, 5.41) is 4.15. The highest BCUT2D eigenvalue weighted by Gasteiger charge is 2.26. The van der Waals surface area contributed by atoms with E-state index in [1.165, 1.54) is 6.07 Å². The van der Waals surface area contributed by atoms with E-state index in [-0.39, 0.29) is 10.8 Å². The molecule has 1 amide bonds. The van der Waals surface area contributed by atoms with Crippen LogP contribution in [0.1, 0.15) is 10.4 Å². The molecular formula is C17H11ClN2O3S. The van der Waals surface area contributed by atoms with E-state index in [0.717, 1.165) is 0 Å². The Morgan fingerprint density at radius 3 is 2.54 bits per heavy atom. The van der Waals surface area contributed by atoms with Gasteiger partial charge >= 0.3 is 0 Å². The molecule has 1 aliphatic rings. The zero-order valence-corrected chi connectivity index (χ0v) is 13.8. The number of benzene rings is 3. The molecule has 0 spiro atoms. The van der Waals surface area contributed by atoms with Gasteiger partial charge in [-0.1, -0.05) is 35.9 Å². The van der Waals surface area contributed by atoms with Crippen molar-refractivity contribution in [2.75, 3.05) is 10.0 Å². The summed E-state index contributed by atoms with van der Waals surface area (Å²) in [6.07, 6.45) is 0. The van der Waals surface area contributed by atoms with Crippen molar-refractivity contribution in [3.05, 3.63) is 65.2 Å². The molecule has 3 aromatic rings. The molecule has 120 valence electrons. The lowest BCUT2D eigenvalue weighted by Gasteiger charge is -2.12. The Morgan fingerprint density at radius 1 is 0.958 bits per heavy atom. The Kier molecular flexibility index (Phi) is 3.26. The molecule has 0 saturated carbocycles. The number of halogens is 1. The van der Waals surface area contributed by atoms with Gasteiger partial charge in [0.15, 0.2) is 0 Å². The molecule has 1 heterocycles. The molecule has 3 aromatic carbocycles. The van der Waals surface area contributed by atoms with Crippen molar-refractivity contribution in [2.24, 2.45) is 0 Å². The molecule has 1 aliphatic heterocycles. The molecule has 2 N–H and O–H groups in total. The van der Waals surface area contributed by atoms with Gasteiger partial charge in [-0.15, -0.1) is 0 Å². The molecule has 0 radical (unpaired) electrons. The summed E-state index contributed by atoms with van der Waals surface area (Å²) in [5.74, 6) is -0.232. The molecule has 24 heavy (non-hydrogen) atoms. The summed E-state index contributed by atoms with van der Waals surface area (Å²) in [7, 11) is -3.86. The number of rotatable bonds is 3. The highest BCUT2D eigenvalue weighted by atomic mass is 35.5. The third kappa shape index (κ3) is 2.23. The van der Waals surface area contributed by atoms with E-state index in [0.29, 0.717) is 32.7 Å². The molecule has 5 nitrogen and oxygen atoms in total. The summed E-state index contributed by atoms with van der Waals surface area (Å²) < 4.78 is 28.1. The monoisotopic (exact) mass is 358 g/mol. The molecule has 0 atom stereocenters. The number of anilines is 2. The number of carbonyl (C=O) groups excluding carboxylic acids is 1. The first-order valence-corrected chi connectivity index (χ1v) is 8.98. The molecule has 0 aromatic heterocycles. The first-order valence-electron chi connectivity index (χ1n) is 7.12. The van der Waals surface area contributed by atoms with Crippen LogP contribution in [-0.2, 0) is 10.0 Å². The first-order chi connectivity index (χ1) is 11.5. The van der Waals surface area contributed by atoms with E-state index >= 15 is 0 Å². The summed E-state index contributed by atoms with van der Waals surface area (Å²) in [6.45, 7) is 0. The number of nitrogens with one attached hydrogen (secondary N) is 2. The van der Waals surface area contributed by atoms with Gasteiger partial charge in [0, 0.05) is 22.0 Å². The van der Waals surface area contributed by atoms with Crippen molar-refractivity contribution in [3.63, 3.8) is 0 Å². The topological polar surface area (TPSA) is 75.3 Å². The third-order valence-electron chi connectivity index (χ3n) is 3.90. The van der Waals surface area contributed by atoms with Gasteiger partial charge in [-0.05, 0) is 30.3 Å². The minimum atomic E-state index is -3.86. The van der Waals surface area contributed by atoms with Gasteiger partial charge < -0.3 is 5.32 Å². The Hall–Kier alpha value is -2.57. The van der Waals surface area contributed by atoms with Crippen LogP contribution in [0, 0.1) is 0 Å². The van der Waals surface area contributed by atoms with Crippen LogP contribution in [0.5, 0.6) is 0 Å². The number of para-hydroxylation sites is 1. The minimum Gasteiger partial charge on any atom is -0.321 e. The maximum absolute atomic E-state index is 12.8. The van der Waals surface area contributed by atoms with E-state index in [4.69, 9.17) is 11.6 Å². The average molecular weight is 359 g/mol. The quantitative estimate of drug-likeness (QED) is 0.746. The van der Waals surface area contributed by atoms with Crippen molar-refractivity contribution < 1.29 is 13.2 Å². The zero-order valence-electron chi connectivity index (χ0n) is 12.2. The summed E-state index contributed by atoms with van der Waals surface area (Å²) in [6, 6.07) is 14.7. The van der Waals surface area contributed by atoms with Gasteiger partial charge in [0.25, 0.3) is 15.9 Å². The molecule has 0 saturated heterocycles. The van der Waals surface area contributed by atoms with Crippen LogP contribution in [0.15, 0.2) is 59.5 Å². The molecule has 0 fully saturated rings. The minimum absolute atomic E-state index is 0.0968. The van der Waals surface area contributed by atoms with Crippen LogP contribution in [0.2, 0.25) is 5.02 Å². The Labute approximate surface area is 143 Å². The molecule has 0 aliphatic carbocycles. The van der Waals surface area contributed by atoms with E-state index in [2.05, 4.69) is 10.0 Å². The van der Waals surface area contributed by atoms with Crippen molar-refractivity contribution in [3.8, 4) is 0 Å². The van der Waals surface area contributed by atoms with Crippen LogP contribution in [0.4, 0.5) is 11.4 Å². The van der Waals surface area contributed by atoms with Crippen LogP contribution < -0.4 is 10.0 Å². The van der Waals surface area contributed by atoms with E-state index in [1.54, 1.807) is 48.5 Å². The third-order valence-corrected chi connectivity index (χ3v) is 5.65. The first kappa shape index (κ1) is 15.0. The lowest BCUT2D eigenvalue weighted by atomic mass is 10.1. The fraction of sp³-hybridized carbons (Fsp3) is 0. The average Bonchev–Trinajstić information content (AvgIpc) is 2.88. The lowest BCUT2D eigenvalue weighted by Crippen LogP contribution is -2.13. The number of sulfonamides is 1. The largest absolute Gasteiger partial charge is 0.321 e. The van der Waals surface area contributed by atoms with Crippen LogP contribution in [-0.4, -0.2) is 14.3 Å². The van der Waals surface area contributed by atoms with Gasteiger partial charge in [-0.2, -0.15) is 0 Å². The zero-order chi connectivity index (χ0) is 16.9. The Morgan fingerprint density at radius 2 is 1.75 bits per heavy atom. The number of amides is 1. The second kappa shape index (κ2) is 5.22. The normalized spacial score (nSPS) is 13.1. The van der Waals surface area contributed by atoms with Crippen LogP contribution >= 0.6 is 11.6 Å². The smallest absolute Gasteiger partial charge is 0.262 e. The van der Waals surface area contributed by atoms with Crippen LogP contribution in [0.25, 0.3) is 10.8 Å². The van der Waals surface area contributed by atoms with Crippen molar-refractivity contribution in [2.45, 2.75) is 4.90 Å². The van der Waals surface area contributed by atoms with E-state index in [9.17, 15) is 13.2 Å². The van der Waals surface area contributed by atoms with Crippen molar-refractivity contribution >= 4 is 49.7 Å². The van der Waals surface area contributed by atoms with Gasteiger partial charge in [0.05, 0.1) is 15.6 Å². The second-order valence-corrected chi connectivity index (χ2v) is 7.44. The second-order valence-electron chi connectivity index (χ2n) is 5.38. The molecular weight excluding hydrogens is 348 g/mol. The molecule has 0 unspecified atom stereocenters. The van der Waals surface area contributed by atoms with Gasteiger partial charge in [0.1, 0.15) is 0 Å². The fourth-order valence-corrected chi connectivity index (χ4v) is 4.36. The number of hydrogen-bond acceptors (Lipinski definition) is 3. The molecule has 7 heteroatoms. The van der Waals surface area contributed by atoms with Crippen LogP contribution in [0.3, 0.4) is 0 Å². The maximum atomic E-state index is 12.8. The summed E-state index contributed by atoms with van der Waals surface area (Å²) in [4.78, 5) is 12.0. The number of hydrogen-bond donors (Lipinski definition) is 2. The number of carbonyl (C=O) groups is 1. The summed E-state index contributed by atoms with van der Waals surface area (Å²) in [5.41, 5.74) is 1.39. The predicted octanol–water partition coefficient (Wildman–Crippen LogP) is 3.86. The Bertz CT molecular complexity index is 1110. The van der Waals surface area contributed by atoms with E-state index < -0.39 is 10.0 Å². The molecule has 4 rings (SSSR count). The maximum Gasteiger partial charge on any atom is 0.262 e. The lowest BCUT2D eigenvalue weighted by molar-refractivity contribution is 0.103.